The molecule has 8 rings (SSSR count). The van der Waals surface area contributed by atoms with E-state index in [1.165, 1.54) is 12.1 Å². The number of nitro groups is 1. The van der Waals surface area contributed by atoms with Gasteiger partial charge in [-0.15, -0.1) is 0 Å². The smallest absolute Gasteiger partial charge is 0.294 e. The molecule has 1 heterocycles. The number of rotatable bonds is 8. The molecule has 0 unspecified atom stereocenters. The van der Waals surface area contributed by atoms with Crippen molar-refractivity contribution in [1.29, 1.82) is 0 Å². The monoisotopic (exact) mass is 740 g/mol. The number of fused-ring (bicyclic) bond motifs is 5. The predicted octanol–water partition coefficient (Wildman–Crippen LogP) is 7.56. The van der Waals surface area contributed by atoms with Gasteiger partial charge < -0.3 is 9.47 Å². The summed E-state index contributed by atoms with van der Waals surface area (Å²) >= 11 is 3.29. The van der Waals surface area contributed by atoms with Crippen LogP contribution >= 0.6 is 15.9 Å². The molecule has 5 aromatic carbocycles. The van der Waals surface area contributed by atoms with E-state index in [0.717, 1.165) is 4.90 Å². The number of Topliss-reactive ketones (excluding diaryl/α,β-unsaturated/α-hetero) is 1. The first-order valence-electron chi connectivity index (χ1n) is 16.2. The topological polar surface area (TPSA) is 116 Å². The second kappa shape index (κ2) is 11.9. The van der Waals surface area contributed by atoms with Crippen molar-refractivity contribution in [3.8, 4) is 11.5 Å². The Morgan fingerprint density at radius 3 is 1.47 bits per heavy atom. The lowest BCUT2D eigenvalue weighted by Gasteiger charge is -2.39. The average Bonchev–Trinajstić information content (AvgIpc) is 3.67. The van der Waals surface area contributed by atoms with Gasteiger partial charge in [-0.25, -0.2) is 4.90 Å². The minimum atomic E-state index is -1.67. The number of nitro benzene ring substituents is 1. The third-order valence-corrected chi connectivity index (χ3v) is 11.1. The summed E-state index contributed by atoms with van der Waals surface area (Å²) in [6.07, 6.45) is 0. The largest absolute Gasteiger partial charge is 0.497 e. The Kier molecular flexibility index (Phi) is 7.53. The maximum absolute atomic E-state index is 16.1. The first kappa shape index (κ1) is 32.3. The summed E-state index contributed by atoms with van der Waals surface area (Å²) in [5.41, 5.74) is -0.291. The SMILES string of the molecule is COc1ccc(C2=C(c3ccc(OC)cc3)[C@@]3(c4ccccc4)C(=O)[C@@]2(c2ccccc2)[C@@H]2C(=O)N(c4ccc(Br)cc4[N+](=O)[O-])C(=O)[C@H]23)cc1. The van der Waals surface area contributed by atoms with Crippen molar-refractivity contribution in [3.63, 3.8) is 0 Å². The van der Waals surface area contributed by atoms with Gasteiger partial charge in [-0.3, -0.25) is 24.5 Å². The summed E-state index contributed by atoms with van der Waals surface area (Å²) in [5, 5.41) is 12.4. The highest BCUT2D eigenvalue weighted by Crippen LogP contribution is 2.74. The lowest BCUT2D eigenvalue weighted by atomic mass is 9.59. The first-order valence-corrected chi connectivity index (χ1v) is 17.0. The van der Waals surface area contributed by atoms with Crippen molar-refractivity contribution >= 4 is 56.0 Å². The predicted molar refractivity (Wildman–Crippen MR) is 194 cm³/mol. The van der Waals surface area contributed by atoms with Gasteiger partial charge in [-0.05, 0) is 69.8 Å². The number of halogens is 1. The second-order valence-electron chi connectivity index (χ2n) is 12.7. The highest BCUT2D eigenvalue weighted by Gasteiger charge is 2.83. The number of nitrogens with zero attached hydrogens (tertiary/aromatic N) is 2. The third-order valence-electron chi connectivity index (χ3n) is 10.6. The van der Waals surface area contributed by atoms with Gasteiger partial charge in [-0.2, -0.15) is 0 Å². The quantitative estimate of drug-likeness (QED) is 0.0916. The first-order chi connectivity index (χ1) is 24.7. The van der Waals surface area contributed by atoms with E-state index in [4.69, 9.17) is 9.47 Å². The number of hydrogen-bond acceptors (Lipinski definition) is 7. The fraction of sp³-hybridized carbons (Fsp3) is 0.146. The fourth-order valence-corrected chi connectivity index (χ4v) is 9.06. The number of ether oxygens (including phenoxy) is 2. The zero-order chi connectivity index (χ0) is 35.7. The number of allylic oxidation sites excluding steroid dienone is 2. The van der Waals surface area contributed by atoms with Gasteiger partial charge in [-0.1, -0.05) is 101 Å². The van der Waals surface area contributed by atoms with Crippen LogP contribution in [0.3, 0.4) is 0 Å². The Labute approximate surface area is 301 Å². The number of carbonyl (C=O) groups excluding carboxylic acids is 3. The average molecular weight is 742 g/mol. The molecule has 0 N–H and O–H groups in total. The molecule has 2 fully saturated rings. The van der Waals surface area contributed by atoms with Crippen molar-refractivity contribution in [3.05, 3.63) is 164 Å². The number of imide groups is 1. The molecule has 2 amide bonds. The molecule has 0 aromatic heterocycles. The van der Waals surface area contributed by atoms with Crippen LogP contribution in [0.2, 0.25) is 0 Å². The lowest BCUT2D eigenvalue weighted by Crippen LogP contribution is -2.45. The molecule has 10 heteroatoms. The zero-order valence-electron chi connectivity index (χ0n) is 27.4. The number of ketones is 1. The molecular formula is C41H29BrN2O7. The molecule has 1 aliphatic heterocycles. The summed E-state index contributed by atoms with van der Waals surface area (Å²) in [5.74, 6) is -2.92. The normalized spacial score (nSPS) is 23.5. The Balaban J connectivity index is 1.54. The Bertz CT molecular complexity index is 2160. The molecular weight excluding hydrogens is 712 g/mol. The van der Waals surface area contributed by atoms with Crippen molar-refractivity contribution in [1.82, 2.24) is 0 Å². The third kappa shape index (κ3) is 4.29. The van der Waals surface area contributed by atoms with Crippen LogP contribution in [0, 0.1) is 22.0 Å². The Hall–Kier alpha value is -5.87. The number of carbonyl (C=O) groups is 3. The summed E-state index contributed by atoms with van der Waals surface area (Å²) in [6, 6.07) is 37.1. The highest BCUT2D eigenvalue weighted by molar-refractivity contribution is 9.10. The van der Waals surface area contributed by atoms with Gasteiger partial charge in [0.1, 0.15) is 17.2 Å². The van der Waals surface area contributed by atoms with Crippen molar-refractivity contribution in [2.75, 3.05) is 19.1 Å². The van der Waals surface area contributed by atoms with Crippen molar-refractivity contribution in [2.24, 2.45) is 11.8 Å². The molecule has 5 aromatic rings. The molecule has 4 atom stereocenters. The summed E-state index contributed by atoms with van der Waals surface area (Å²) in [6.45, 7) is 0. The van der Waals surface area contributed by atoms with Gasteiger partial charge in [0.15, 0.2) is 5.78 Å². The van der Waals surface area contributed by atoms with Crippen LogP contribution in [0.5, 0.6) is 11.5 Å². The number of amides is 2. The fourth-order valence-electron chi connectivity index (χ4n) is 8.71. The molecule has 3 aliphatic rings. The minimum absolute atomic E-state index is 0.150. The number of anilines is 1. The highest BCUT2D eigenvalue weighted by atomic mass is 79.9. The number of methoxy groups -OCH3 is 2. The number of hydrogen-bond donors (Lipinski definition) is 0. The van der Waals surface area contributed by atoms with E-state index >= 15 is 14.4 Å². The molecule has 1 saturated heterocycles. The maximum Gasteiger partial charge on any atom is 0.294 e. The van der Waals surface area contributed by atoms with Crippen LogP contribution in [-0.4, -0.2) is 36.7 Å². The van der Waals surface area contributed by atoms with Crippen molar-refractivity contribution < 1.29 is 28.8 Å². The molecule has 2 aliphatic carbocycles. The van der Waals surface area contributed by atoms with E-state index in [9.17, 15) is 10.1 Å². The van der Waals surface area contributed by atoms with E-state index < -0.39 is 45.1 Å². The molecule has 2 bridgehead atoms. The molecule has 0 radical (unpaired) electrons. The van der Waals surface area contributed by atoms with Gasteiger partial charge in [0.05, 0.1) is 41.8 Å². The summed E-state index contributed by atoms with van der Waals surface area (Å²) < 4.78 is 11.4. The minimum Gasteiger partial charge on any atom is -0.497 e. The molecule has 51 heavy (non-hydrogen) atoms. The van der Waals surface area contributed by atoms with Gasteiger partial charge in [0.2, 0.25) is 11.8 Å². The van der Waals surface area contributed by atoms with E-state index in [1.807, 2.05) is 84.9 Å². The standard InChI is InChI=1S/C41H29BrN2O7/c1-50-29-18-13-24(14-19-29)33-34(25-15-20-30(51-2)21-16-25)41(27-11-7-4-8-12-27)36-35(40(33,39(41)47)26-9-5-3-6-10-26)37(45)43(38(36)46)31-22-17-28(42)23-32(31)44(48)49/h3-23,35-36H,1-2H3/t35-,36-,40+,41+/m0/s1. The van der Waals surface area contributed by atoms with Gasteiger partial charge in [0.25, 0.3) is 5.69 Å². The van der Waals surface area contributed by atoms with Gasteiger partial charge in [0, 0.05) is 10.5 Å². The molecule has 0 spiro atoms. The van der Waals surface area contributed by atoms with Crippen LogP contribution in [-0.2, 0) is 25.2 Å². The van der Waals surface area contributed by atoms with Crippen LogP contribution in [0.25, 0.3) is 11.1 Å². The number of benzene rings is 5. The van der Waals surface area contributed by atoms with Crippen LogP contribution < -0.4 is 14.4 Å². The lowest BCUT2D eigenvalue weighted by molar-refractivity contribution is -0.384. The summed E-state index contributed by atoms with van der Waals surface area (Å²) in [7, 11) is 3.13. The van der Waals surface area contributed by atoms with Crippen LogP contribution in [0.1, 0.15) is 22.3 Å². The molecule has 1 saturated carbocycles. The second-order valence-corrected chi connectivity index (χ2v) is 13.7. The van der Waals surface area contributed by atoms with E-state index in [0.29, 0.717) is 49.4 Å². The van der Waals surface area contributed by atoms with E-state index in [1.54, 1.807) is 44.6 Å². The van der Waals surface area contributed by atoms with Crippen LogP contribution in [0.15, 0.2) is 132 Å². The zero-order valence-corrected chi connectivity index (χ0v) is 29.0. The van der Waals surface area contributed by atoms with Crippen molar-refractivity contribution in [2.45, 2.75) is 10.8 Å². The van der Waals surface area contributed by atoms with E-state index in [-0.39, 0.29) is 11.5 Å². The van der Waals surface area contributed by atoms with Crippen LogP contribution in [0.4, 0.5) is 11.4 Å². The molecule has 9 nitrogen and oxygen atoms in total. The Morgan fingerprint density at radius 2 is 1.08 bits per heavy atom. The van der Waals surface area contributed by atoms with Gasteiger partial charge >= 0.3 is 0 Å². The van der Waals surface area contributed by atoms with E-state index in [2.05, 4.69) is 15.9 Å². The summed E-state index contributed by atoms with van der Waals surface area (Å²) in [4.78, 5) is 59.2. The maximum atomic E-state index is 16.1. The molecule has 252 valence electrons. The Morgan fingerprint density at radius 1 is 0.647 bits per heavy atom.